The molecule has 2 aliphatic carbocycles. The molecule has 4 amide bonds. The maximum atomic E-state index is 12.6. The number of rotatable bonds is 4. The number of fused-ring (bicyclic) bond motifs is 6. The number of imide groups is 2. The summed E-state index contributed by atoms with van der Waals surface area (Å²) in [5, 5.41) is 0.710. The van der Waals surface area contributed by atoms with Gasteiger partial charge in [-0.2, -0.15) is 0 Å². The Balaban J connectivity index is 1.25. The normalized spacial score (nSPS) is 31.4. The minimum Gasteiger partial charge on any atom is -0.280 e. The van der Waals surface area contributed by atoms with E-state index in [1.165, 1.54) is 4.90 Å². The second-order valence-corrected chi connectivity index (χ2v) is 7.11. The predicted octanol–water partition coefficient (Wildman–Crippen LogP) is 1.02. The van der Waals surface area contributed by atoms with Crippen LogP contribution in [0.2, 0.25) is 0 Å². The van der Waals surface area contributed by atoms with Gasteiger partial charge in [0.25, 0.3) is 11.8 Å². The van der Waals surface area contributed by atoms with E-state index in [4.69, 9.17) is 4.84 Å². The molecule has 1 aromatic carbocycles. The standard InChI is InChI=1S/C19H16N2O5/c22-16-12-3-1-2-4-13(12)17(23)21(16)26-8-7-20-18(24)14-10-5-6-11(9-10)15(14)19(20)25/h1-6,10-11,14-15H,7-9H2. The number of carbonyl (C=O) groups excluding carboxylic acids is 4. The summed E-state index contributed by atoms with van der Waals surface area (Å²) in [5.74, 6) is -1.57. The third-order valence-corrected chi connectivity index (χ3v) is 5.85. The highest BCUT2D eigenvalue weighted by Crippen LogP contribution is 2.52. The third kappa shape index (κ3) is 1.92. The van der Waals surface area contributed by atoms with Crippen LogP contribution in [0.1, 0.15) is 27.1 Å². The van der Waals surface area contributed by atoms with Crippen LogP contribution in [0.15, 0.2) is 36.4 Å². The minimum atomic E-state index is -0.524. The molecule has 0 N–H and O–H groups in total. The molecule has 1 saturated heterocycles. The summed E-state index contributed by atoms with van der Waals surface area (Å²) < 4.78 is 0. The van der Waals surface area contributed by atoms with Crippen molar-refractivity contribution in [1.82, 2.24) is 9.96 Å². The van der Waals surface area contributed by atoms with Crippen LogP contribution in [-0.2, 0) is 14.4 Å². The van der Waals surface area contributed by atoms with Crippen LogP contribution in [-0.4, -0.2) is 46.7 Å². The average Bonchev–Trinajstić information content (AvgIpc) is 3.37. The predicted molar refractivity (Wildman–Crippen MR) is 87.3 cm³/mol. The van der Waals surface area contributed by atoms with Gasteiger partial charge in [-0.3, -0.25) is 28.9 Å². The van der Waals surface area contributed by atoms with Gasteiger partial charge in [0.15, 0.2) is 0 Å². The molecule has 7 nitrogen and oxygen atoms in total. The Hall–Kier alpha value is -2.80. The molecule has 0 radical (unpaired) electrons. The van der Waals surface area contributed by atoms with E-state index in [1.807, 2.05) is 12.2 Å². The van der Waals surface area contributed by atoms with Crippen LogP contribution in [0.25, 0.3) is 0 Å². The largest absolute Gasteiger partial charge is 0.285 e. The molecule has 2 bridgehead atoms. The summed E-state index contributed by atoms with van der Waals surface area (Å²) in [4.78, 5) is 56.2. The molecule has 2 aliphatic heterocycles. The van der Waals surface area contributed by atoms with Gasteiger partial charge in [-0.25, -0.2) is 0 Å². The number of carbonyl (C=O) groups is 4. The maximum absolute atomic E-state index is 12.6. The van der Waals surface area contributed by atoms with Crippen molar-refractivity contribution in [2.24, 2.45) is 23.7 Å². The monoisotopic (exact) mass is 352 g/mol. The van der Waals surface area contributed by atoms with E-state index in [9.17, 15) is 19.2 Å². The number of likely N-dealkylation sites (tertiary alicyclic amines) is 1. The van der Waals surface area contributed by atoms with Crippen molar-refractivity contribution in [1.29, 1.82) is 0 Å². The minimum absolute atomic E-state index is 0.0392. The lowest BCUT2D eigenvalue weighted by atomic mass is 9.85. The summed E-state index contributed by atoms with van der Waals surface area (Å²) in [7, 11) is 0. The molecule has 0 spiro atoms. The van der Waals surface area contributed by atoms with Crippen molar-refractivity contribution >= 4 is 23.6 Å². The molecule has 1 saturated carbocycles. The fraction of sp³-hybridized carbons (Fsp3) is 0.368. The number of allylic oxidation sites excluding steroid dienone is 2. The Morgan fingerprint density at radius 1 is 0.885 bits per heavy atom. The molecule has 2 heterocycles. The number of benzene rings is 1. The van der Waals surface area contributed by atoms with Gasteiger partial charge in [0.05, 0.1) is 36.1 Å². The van der Waals surface area contributed by atoms with Crippen LogP contribution >= 0.6 is 0 Å². The Morgan fingerprint density at radius 2 is 1.42 bits per heavy atom. The van der Waals surface area contributed by atoms with Crippen LogP contribution in [0, 0.1) is 23.7 Å². The van der Waals surface area contributed by atoms with E-state index in [0.29, 0.717) is 16.2 Å². The Bertz CT molecular complexity index is 827. The molecule has 1 aromatic rings. The smallest absolute Gasteiger partial charge is 0.280 e. The summed E-state index contributed by atoms with van der Waals surface area (Å²) in [6.45, 7) is -0.0529. The SMILES string of the molecule is O=C1C2C3C=CC(C3)C2C(=O)N1CCON1C(=O)c2ccccc2C1=O. The quantitative estimate of drug-likeness (QED) is 0.597. The van der Waals surface area contributed by atoms with Crippen LogP contribution < -0.4 is 0 Å². The highest BCUT2D eigenvalue weighted by molar-refractivity contribution is 6.20. The molecule has 7 heteroatoms. The molecule has 132 valence electrons. The molecule has 26 heavy (non-hydrogen) atoms. The summed E-state index contributed by atoms with van der Waals surface area (Å²) in [6, 6.07) is 6.49. The van der Waals surface area contributed by atoms with Crippen molar-refractivity contribution in [3.05, 3.63) is 47.5 Å². The summed E-state index contributed by atoms with van der Waals surface area (Å²) in [5.41, 5.74) is 0.589. The van der Waals surface area contributed by atoms with Crippen LogP contribution in [0.4, 0.5) is 0 Å². The summed E-state index contributed by atoms with van der Waals surface area (Å²) in [6.07, 6.45) is 4.96. The van der Waals surface area contributed by atoms with Gasteiger partial charge in [0.1, 0.15) is 0 Å². The number of hydrogen-bond acceptors (Lipinski definition) is 5. The van der Waals surface area contributed by atoms with Gasteiger partial charge >= 0.3 is 0 Å². The lowest BCUT2D eigenvalue weighted by Gasteiger charge is -2.19. The van der Waals surface area contributed by atoms with Gasteiger partial charge < -0.3 is 0 Å². The van der Waals surface area contributed by atoms with Crippen molar-refractivity contribution < 1.29 is 24.0 Å². The Morgan fingerprint density at radius 3 is 1.96 bits per heavy atom. The van der Waals surface area contributed by atoms with Crippen LogP contribution in [0.3, 0.4) is 0 Å². The first-order valence-electron chi connectivity index (χ1n) is 8.72. The number of nitrogens with zero attached hydrogens (tertiary/aromatic N) is 2. The zero-order valence-electron chi connectivity index (χ0n) is 13.8. The van der Waals surface area contributed by atoms with Gasteiger partial charge in [-0.1, -0.05) is 24.3 Å². The molecular formula is C19H16N2O5. The van der Waals surface area contributed by atoms with Crippen molar-refractivity contribution in [2.45, 2.75) is 6.42 Å². The van der Waals surface area contributed by atoms with Gasteiger partial charge in [-0.15, -0.1) is 5.06 Å². The lowest BCUT2D eigenvalue weighted by molar-refractivity contribution is -0.144. The first-order valence-corrected chi connectivity index (χ1v) is 8.72. The Labute approximate surface area is 149 Å². The van der Waals surface area contributed by atoms with E-state index in [-0.39, 0.29) is 48.6 Å². The zero-order chi connectivity index (χ0) is 18.0. The topological polar surface area (TPSA) is 84.0 Å². The van der Waals surface area contributed by atoms with E-state index >= 15 is 0 Å². The Kier molecular flexibility index (Phi) is 3.18. The molecular weight excluding hydrogens is 336 g/mol. The highest BCUT2D eigenvalue weighted by Gasteiger charge is 2.59. The first kappa shape index (κ1) is 15.5. The molecule has 4 aliphatic rings. The van der Waals surface area contributed by atoms with E-state index in [1.54, 1.807) is 24.3 Å². The number of hydroxylamine groups is 2. The average molecular weight is 352 g/mol. The van der Waals surface area contributed by atoms with Crippen LogP contribution in [0.5, 0.6) is 0 Å². The van der Waals surface area contributed by atoms with Gasteiger partial charge in [-0.05, 0) is 30.4 Å². The molecule has 4 atom stereocenters. The number of hydrogen-bond donors (Lipinski definition) is 0. The fourth-order valence-electron chi connectivity index (χ4n) is 4.69. The third-order valence-electron chi connectivity index (χ3n) is 5.85. The highest BCUT2D eigenvalue weighted by atomic mass is 16.7. The molecule has 0 aromatic heterocycles. The van der Waals surface area contributed by atoms with E-state index < -0.39 is 11.8 Å². The molecule has 5 rings (SSSR count). The second kappa shape index (κ2) is 5.35. The van der Waals surface area contributed by atoms with Gasteiger partial charge in [0.2, 0.25) is 11.8 Å². The lowest BCUT2D eigenvalue weighted by Crippen LogP contribution is -2.38. The fourth-order valence-corrected chi connectivity index (χ4v) is 4.69. The second-order valence-electron chi connectivity index (χ2n) is 7.11. The first-order chi connectivity index (χ1) is 12.6. The van der Waals surface area contributed by atoms with E-state index in [2.05, 4.69) is 0 Å². The number of amides is 4. The molecule has 2 fully saturated rings. The van der Waals surface area contributed by atoms with Crippen molar-refractivity contribution in [3.8, 4) is 0 Å². The van der Waals surface area contributed by atoms with Gasteiger partial charge in [0, 0.05) is 0 Å². The zero-order valence-corrected chi connectivity index (χ0v) is 13.8. The molecule has 4 unspecified atom stereocenters. The van der Waals surface area contributed by atoms with Crippen molar-refractivity contribution in [3.63, 3.8) is 0 Å². The summed E-state index contributed by atoms with van der Waals surface area (Å²) >= 11 is 0. The van der Waals surface area contributed by atoms with E-state index in [0.717, 1.165) is 6.42 Å². The maximum Gasteiger partial charge on any atom is 0.285 e. The van der Waals surface area contributed by atoms with Crippen molar-refractivity contribution in [2.75, 3.05) is 13.2 Å².